The van der Waals surface area contributed by atoms with Crippen LogP contribution in [0.2, 0.25) is 0 Å². The molecule has 0 spiro atoms. The molecule has 0 fully saturated rings. The molecule has 0 bridgehead atoms. The van der Waals surface area contributed by atoms with Crippen LogP contribution < -0.4 is 5.32 Å². The lowest BCUT2D eigenvalue weighted by Crippen LogP contribution is -2.26. The lowest BCUT2D eigenvalue weighted by Gasteiger charge is -2.05. The smallest absolute Gasteiger partial charge is 0.136 e. The van der Waals surface area contributed by atoms with E-state index in [4.69, 9.17) is 4.74 Å². The Hall–Kier alpha value is -1.07. The maximum absolute atomic E-state index is 10.9. The molecule has 0 aromatic carbocycles. The number of aldehydes is 1. The van der Waals surface area contributed by atoms with E-state index in [2.05, 4.69) is 12.2 Å². The van der Waals surface area contributed by atoms with E-state index in [9.17, 15) is 14.4 Å². The number of hydrogen-bond acceptors (Lipinski definition) is 5. The molecule has 1 N–H and O–H groups in total. The SMILES string of the molecule is CC.CCCOCCCCC(=O)CC.CNC(C=O)CCC(C)=O. The van der Waals surface area contributed by atoms with Gasteiger partial charge in [-0.2, -0.15) is 0 Å². The Kier molecular flexibility index (Phi) is 28.0. The Labute approximate surface area is 148 Å². The molecule has 0 radical (unpaired) electrons. The van der Waals surface area contributed by atoms with Crippen molar-refractivity contribution < 1.29 is 19.1 Å². The van der Waals surface area contributed by atoms with Gasteiger partial charge in [-0.1, -0.05) is 27.7 Å². The highest BCUT2D eigenvalue weighted by Crippen LogP contribution is 1.99. The Morgan fingerprint density at radius 2 is 1.71 bits per heavy atom. The summed E-state index contributed by atoms with van der Waals surface area (Å²) in [5.74, 6) is 0.493. The van der Waals surface area contributed by atoms with Gasteiger partial charge in [0.15, 0.2) is 0 Å². The molecule has 0 aromatic rings. The van der Waals surface area contributed by atoms with Gasteiger partial charge in [0.1, 0.15) is 17.9 Å². The summed E-state index contributed by atoms with van der Waals surface area (Å²) < 4.78 is 5.29. The minimum atomic E-state index is -0.163. The molecule has 0 aliphatic heterocycles. The molecule has 0 saturated carbocycles. The summed E-state index contributed by atoms with van der Waals surface area (Å²) in [5.41, 5.74) is 0. The van der Waals surface area contributed by atoms with Crippen LogP contribution in [0.25, 0.3) is 0 Å². The third-order valence-corrected chi connectivity index (χ3v) is 3.08. The number of ketones is 2. The van der Waals surface area contributed by atoms with Crippen molar-refractivity contribution in [1.82, 2.24) is 5.32 Å². The van der Waals surface area contributed by atoms with Crippen molar-refractivity contribution in [3.8, 4) is 0 Å². The van der Waals surface area contributed by atoms with Gasteiger partial charge >= 0.3 is 0 Å². The zero-order valence-corrected chi connectivity index (χ0v) is 16.7. The topological polar surface area (TPSA) is 72.5 Å². The first-order chi connectivity index (χ1) is 11.5. The van der Waals surface area contributed by atoms with Crippen LogP contribution in [0.4, 0.5) is 0 Å². The average Bonchev–Trinajstić information content (AvgIpc) is 2.60. The number of nitrogens with one attached hydrogen (secondary N) is 1. The molecule has 0 amide bonds. The Bertz CT molecular complexity index is 293. The van der Waals surface area contributed by atoms with Crippen molar-refractivity contribution in [2.75, 3.05) is 20.3 Å². The molecule has 0 heterocycles. The van der Waals surface area contributed by atoms with Gasteiger partial charge in [-0.05, 0) is 39.7 Å². The van der Waals surface area contributed by atoms with Crippen LogP contribution in [0.3, 0.4) is 0 Å². The highest BCUT2D eigenvalue weighted by molar-refractivity contribution is 5.77. The minimum Gasteiger partial charge on any atom is -0.381 e. The van der Waals surface area contributed by atoms with E-state index in [1.54, 1.807) is 7.05 Å². The van der Waals surface area contributed by atoms with Crippen LogP contribution in [0, 0.1) is 0 Å². The van der Waals surface area contributed by atoms with E-state index in [-0.39, 0.29) is 11.8 Å². The van der Waals surface area contributed by atoms with Gasteiger partial charge in [-0.3, -0.25) is 4.79 Å². The van der Waals surface area contributed by atoms with Crippen LogP contribution in [-0.4, -0.2) is 44.2 Å². The first kappa shape index (κ1) is 27.8. The van der Waals surface area contributed by atoms with E-state index >= 15 is 0 Å². The van der Waals surface area contributed by atoms with Crippen molar-refractivity contribution in [3.63, 3.8) is 0 Å². The van der Waals surface area contributed by atoms with E-state index in [0.29, 0.717) is 25.0 Å². The highest BCUT2D eigenvalue weighted by Gasteiger charge is 2.03. The number of rotatable bonds is 13. The Balaban J connectivity index is -0.000000337. The summed E-state index contributed by atoms with van der Waals surface area (Å²) in [6, 6.07) is -0.163. The Morgan fingerprint density at radius 1 is 1.08 bits per heavy atom. The average molecular weight is 346 g/mol. The monoisotopic (exact) mass is 345 g/mol. The van der Waals surface area contributed by atoms with E-state index < -0.39 is 0 Å². The molecule has 0 aromatic heterocycles. The number of ether oxygens (including phenoxy) is 1. The predicted octanol–water partition coefficient (Wildman–Crippen LogP) is 3.73. The predicted molar refractivity (Wildman–Crippen MR) is 100 cm³/mol. The third-order valence-electron chi connectivity index (χ3n) is 3.08. The maximum atomic E-state index is 10.9. The van der Waals surface area contributed by atoms with E-state index in [1.165, 1.54) is 6.92 Å². The number of carbonyl (C=O) groups is 3. The molecule has 0 aliphatic rings. The maximum Gasteiger partial charge on any atom is 0.136 e. The zero-order chi connectivity index (χ0) is 19.2. The molecule has 5 heteroatoms. The van der Waals surface area contributed by atoms with Gasteiger partial charge in [-0.25, -0.2) is 0 Å². The van der Waals surface area contributed by atoms with Gasteiger partial charge in [0.25, 0.3) is 0 Å². The molecule has 5 nitrogen and oxygen atoms in total. The molecule has 1 unspecified atom stereocenters. The van der Waals surface area contributed by atoms with Crippen molar-refractivity contribution in [2.24, 2.45) is 0 Å². The van der Waals surface area contributed by atoms with E-state index in [1.807, 2.05) is 20.8 Å². The number of carbonyl (C=O) groups excluding carboxylic acids is 3. The van der Waals surface area contributed by atoms with Gasteiger partial charge in [-0.15, -0.1) is 0 Å². The summed E-state index contributed by atoms with van der Waals surface area (Å²) in [6.45, 7) is 11.2. The highest BCUT2D eigenvalue weighted by atomic mass is 16.5. The lowest BCUT2D eigenvalue weighted by molar-refractivity contribution is -0.119. The van der Waals surface area contributed by atoms with Crippen LogP contribution >= 0.6 is 0 Å². The quantitative estimate of drug-likeness (QED) is 0.407. The van der Waals surface area contributed by atoms with Crippen LogP contribution in [-0.2, 0) is 19.1 Å². The number of hydrogen-bond donors (Lipinski definition) is 1. The molecule has 0 saturated heterocycles. The molecule has 0 aliphatic carbocycles. The van der Waals surface area contributed by atoms with Gasteiger partial charge < -0.3 is 19.6 Å². The zero-order valence-electron chi connectivity index (χ0n) is 16.7. The third kappa shape index (κ3) is 25.9. The number of Topliss-reactive ketones (excluding diaryl/α,β-unsaturated/α-hetero) is 2. The fourth-order valence-electron chi connectivity index (χ4n) is 1.59. The minimum absolute atomic E-state index is 0.127. The van der Waals surface area contributed by atoms with Crippen molar-refractivity contribution >= 4 is 17.9 Å². The van der Waals surface area contributed by atoms with Crippen LogP contribution in [0.5, 0.6) is 0 Å². The summed E-state index contributed by atoms with van der Waals surface area (Å²) in [5, 5.41) is 2.79. The largest absolute Gasteiger partial charge is 0.381 e. The van der Waals surface area contributed by atoms with Crippen LogP contribution in [0.1, 0.15) is 79.6 Å². The van der Waals surface area contributed by atoms with E-state index in [0.717, 1.165) is 45.2 Å². The molecular weight excluding hydrogens is 306 g/mol. The summed E-state index contributed by atoms with van der Waals surface area (Å²) >= 11 is 0. The molecule has 144 valence electrons. The van der Waals surface area contributed by atoms with Gasteiger partial charge in [0.2, 0.25) is 0 Å². The summed E-state index contributed by atoms with van der Waals surface area (Å²) in [7, 11) is 1.71. The van der Waals surface area contributed by atoms with Gasteiger partial charge in [0.05, 0.1) is 6.04 Å². The summed E-state index contributed by atoms with van der Waals surface area (Å²) in [4.78, 5) is 31.5. The first-order valence-electron chi connectivity index (χ1n) is 9.23. The number of likely N-dealkylation sites (N-methyl/N-ethyl adjacent to an activating group) is 1. The second-order valence-electron chi connectivity index (χ2n) is 5.23. The lowest BCUT2D eigenvalue weighted by atomic mass is 10.1. The normalized spacial score (nSPS) is 10.6. The van der Waals surface area contributed by atoms with Gasteiger partial charge in [0, 0.05) is 32.5 Å². The number of unbranched alkanes of at least 4 members (excludes halogenated alkanes) is 1. The standard InChI is InChI=1S/C10H20O2.C7H13NO2.C2H6/c1-3-8-12-9-6-5-7-10(11)4-2;1-6(10)3-4-7(5-9)8-2;1-2/h3-9H2,1-2H3;5,7-8H,3-4H2,1-2H3;1-2H3. The van der Waals surface area contributed by atoms with Crippen molar-refractivity contribution in [1.29, 1.82) is 0 Å². The molecule has 0 rings (SSSR count). The summed E-state index contributed by atoms with van der Waals surface area (Å²) in [6.07, 6.45) is 6.39. The molecule has 24 heavy (non-hydrogen) atoms. The van der Waals surface area contributed by atoms with Crippen molar-refractivity contribution in [3.05, 3.63) is 0 Å². The van der Waals surface area contributed by atoms with Crippen molar-refractivity contribution in [2.45, 2.75) is 85.6 Å². The fourth-order valence-corrected chi connectivity index (χ4v) is 1.59. The molecule has 1 atom stereocenters. The Morgan fingerprint density at radius 3 is 2.12 bits per heavy atom. The van der Waals surface area contributed by atoms with Crippen LogP contribution in [0.15, 0.2) is 0 Å². The molecular formula is C19H39NO4. The first-order valence-corrected chi connectivity index (χ1v) is 9.23. The second kappa shape index (κ2) is 24.2. The fraction of sp³-hybridized carbons (Fsp3) is 0.842. The second-order valence-corrected chi connectivity index (χ2v) is 5.23.